The van der Waals surface area contributed by atoms with Crippen LogP contribution in [0.25, 0.3) is 0 Å². The number of anilines is 1. The number of rotatable bonds is 5. The molecular formula is C23H19Cl2N3O2. The van der Waals surface area contributed by atoms with Crippen molar-refractivity contribution < 1.29 is 9.59 Å². The van der Waals surface area contributed by atoms with Gasteiger partial charge in [-0.2, -0.15) is 0 Å². The summed E-state index contributed by atoms with van der Waals surface area (Å²) in [6.45, 7) is 0. The van der Waals surface area contributed by atoms with Gasteiger partial charge < -0.3 is 10.6 Å². The zero-order valence-corrected chi connectivity index (χ0v) is 17.5. The largest absolute Gasteiger partial charge is 0.341 e. The second kappa shape index (κ2) is 8.46. The normalized spacial score (nSPS) is 14.5. The molecule has 0 aliphatic heterocycles. The highest BCUT2D eigenvalue weighted by Gasteiger charge is 2.40. The number of aromatic nitrogens is 1. The van der Waals surface area contributed by atoms with Crippen molar-refractivity contribution in [3.63, 3.8) is 0 Å². The van der Waals surface area contributed by atoms with Crippen LogP contribution in [0, 0.1) is 0 Å². The Morgan fingerprint density at radius 3 is 2.27 bits per heavy atom. The van der Waals surface area contributed by atoms with E-state index in [-0.39, 0.29) is 11.8 Å². The molecule has 1 aromatic heterocycles. The number of amides is 2. The standard InChI is InChI=1S/C23H19Cl2N3O2/c24-17-4-1-3-15(13-17)21(29)27-19-7-5-16(6-8-19)23(10-2-11-23)28-22(30)20-14-18(25)9-12-26-20/h1,3-9,12-14H,2,10-11H2,(H,27,29)(H,28,30). The Morgan fingerprint density at radius 1 is 0.900 bits per heavy atom. The Balaban J connectivity index is 1.48. The second-order valence-electron chi connectivity index (χ2n) is 7.29. The van der Waals surface area contributed by atoms with E-state index in [2.05, 4.69) is 15.6 Å². The molecule has 0 bridgehead atoms. The van der Waals surface area contributed by atoms with Crippen LogP contribution in [-0.2, 0) is 5.54 Å². The van der Waals surface area contributed by atoms with Gasteiger partial charge in [0, 0.05) is 27.5 Å². The van der Waals surface area contributed by atoms with E-state index in [1.54, 1.807) is 36.4 Å². The lowest BCUT2D eigenvalue weighted by Gasteiger charge is -2.43. The van der Waals surface area contributed by atoms with Gasteiger partial charge in [0.15, 0.2) is 0 Å². The van der Waals surface area contributed by atoms with Crippen molar-refractivity contribution >= 4 is 40.7 Å². The summed E-state index contributed by atoms with van der Waals surface area (Å²) in [7, 11) is 0. The van der Waals surface area contributed by atoms with E-state index in [9.17, 15) is 9.59 Å². The quantitative estimate of drug-likeness (QED) is 0.554. The molecule has 2 N–H and O–H groups in total. The van der Waals surface area contributed by atoms with E-state index < -0.39 is 5.54 Å². The fourth-order valence-electron chi connectivity index (χ4n) is 3.53. The van der Waals surface area contributed by atoms with E-state index in [0.717, 1.165) is 24.8 Å². The van der Waals surface area contributed by atoms with Gasteiger partial charge >= 0.3 is 0 Å². The summed E-state index contributed by atoms with van der Waals surface area (Å²) in [5.74, 6) is -0.487. The lowest BCUT2D eigenvalue weighted by molar-refractivity contribution is 0.0818. The van der Waals surface area contributed by atoms with Gasteiger partial charge in [-0.1, -0.05) is 41.4 Å². The molecule has 0 saturated heterocycles. The Hall–Kier alpha value is -2.89. The second-order valence-corrected chi connectivity index (χ2v) is 8.16. The van der Waals surface area contributed by atoms with Gasteiger partial charge in [-0.3, -0.25) is 14.6 Å². The fraction of sp³-hybridized carbons (Fsp3) is 0.174. The van der Waals surface area contributed by atoms with Crippen molar-refractivity contribution in [1.82, 2.24) is 10.3 Å². The average molecular weight is 440 g/mol. The van der Waals surface area contributed by atoms with Crippen molar-refractivity contribution in [2.24, 2.45) is 0 Å². The highest BCUT2D eigenvalue weighted by Crippen LogP contribution is 2.41. The number of carbonyl (C=O) groups is 2. The Kier molecular flexibility index (Phi) is 5.75. The monoisotopic (exact) mass is 439 g/mol. The molecule has 30 heavy (non-hydrogen) atoms. The highest BCUT2D eigenvalue weighted by atomic mass is 35.5. The van der Waals surface area contributed by atoms with Gasteiger partial charge in [-0.05, 0) is 67.3 Å². The summed E-state index contributed by atoms with van der Waals surface area (Å²) in [6.07, 6.45) is 4.22. The minimum atomic E-state index is -0.434. The van der Waals surface area contributed by atoms with Crippen LogP contribution < -0.4 is 10.6 Å². The van der Waals surface area contributed by atoms with Gasteiger partial charge in [-0.15, -0.1) is 0 Å². The number of carbonyl (C=O) groups excluding carboxylic acids is 2. The van der Waals surface area contributed by atoms with Crippen molar-refractivity contribution in [3.8, 4) is 0 Å². The SMILES string of the molecule is O=C(Nc1ccc(C2(NC(=O)c3cc(Cl)ccn3)CCC2)cc1)c1cccc(Cl)c1. The van der Waals surface area contributed by atoms with E-state index >= 15 is 0 Å². The third-order valence-electron chi connectivity index (χ3n) is 5.30. The Labute approximate surface area is 184 Å². The summed E-state index contributed by atoms with van der Waals surface area (Å²) in [5.41, 5.74) is 2.00. The Bertz CT molecular complexity index is 1100. The third-order valence-corrected chi connectivity index (χ3v) is 5.77. The number of nitrogens with zero attached hydrogens (tertiary/aromatic N) is 1. The molecule has 152 valence electrons. The van der Waals surface area contributed by atoms with Gasteiger partial charge in [0.05, 0.1) is 5.54 Å². The molecule has 1 heterocycles. The maximum Gasteiger partial charge on any atom is 0.270 e. The number of nitrogens with one attached hydrogen (secondary N) is 2. The zero-order chi connectivity index (χ0) is 21.1. The van der Waals surface area contributed by atoms with E-state index in [0.29, 0.717) is 27.0 Å². The highest BCUT2D eigenvalue weighted by molar-refractivity contribution is 6.31. The van der Waals surface area contributed by atoms with Crippen LogP contribution in [0.3, 0.4) is 0 Å². The molecule has 0 unspecified atom stereocenters. The first-order chi connectivity index (χ1) is 14.4. The van der Waals surface area contributed by atoms with Crippen LogP contribution in [0.2, 0.25) is 10.0 Å². The van der Waals surface area contributed by atoms with Crippen molar-refractivity contribution in [2.45, 2.75) is 24.8 Å². The fourth-order valence-corrected chi connectivity index (χ4v) is 3.88. The molecule has 4 rings (SSSR count). The summed E-state index contributed by atoms with van der Waals surface area (Å²) in [4.78, 5) is 29.2. The number of benzene rings is 2. The molecular weight excluding hydrogens is 421 g/mol. The van der Waals surface area contributed by atoms with Crippen LogP contribution in [0.4, 0.5) is 5.69 Å². The average Bonchev–Trinajstić information content (AvgIpc) is 2.71. The predicted octanol–water partition coefficient (Wildman–Crippen LogP) is 5.45. The third kappa shape index (κ3) is 4.32. The first kappa shape index (κ1) is 20.4. The lowest BCUT2D eigenvalue weighted by atomic mass is 9.71. The van der Waals surface area contributed by atoms with E-state index in [1.165, 1.54) is 6.20 Å². The van der Waals surface area contributed by atoms with Crippen LogP contribution in [-0.4, -0.2) is 16.8 Å². The number of hydrogen-bond donors (Lipinski definition) is 2. The molecule has 0 atom stereocenters. The Morgan fingerprint density at radius 2 is 1.63 bits per heavy atom. The van der Waals surface area contributed by atoms with Crippen molar-refractivity contribution in [2.75, 3.05) is 5.32 Å². The molecule has 0 spiro atoms. The van der Waals surface area contributed by atoms with Crippen LogP contribution >= 0.6 is 23.2 Å². The molecule has 7 heteroatoms. The van der Waals surface area contributed by atoms with Crippen molar-refractivity contribution in [3.05, 3.63) is 93.7 Å². The maximum absolute atomic E-state index is 12.7. The minimum absolute atomic E-state index is 0.232. The first-order valence-electron chi connectivity index (χ1n) is 9.57. The predicted molar refractivity (Wildman–Crippen MR) is 118 cm³/mol. The summed E-state index contributed by atoms with van der Waals surface area (Å²) in [5, 5.41) is 6.96. The van der Waals surface area contributed by atoms with Gasteiger partial charge in [0.2, 0.25) is 0 Å². The molecule has 5 nitrogen and oxygen atoms in total. The van der Waals surface area contributed by atoms with Gasteiger partial charge in [-0.25, -0.2) is 0 Å². The molecule has 0 radical (unpaired) electrons. The minimum Gasteiger partial charge on any atom is -0.341 e. The zero-order valence-electron chi connectivity index (χ0n) is 16.0. The topological polar surface area (TPSA) is 71.1 Å². The summed E-state index contributed by atoms with van der Waals surface area (Å²) in [6, 6.07) is 17.5. The van der Waals surface area contributed by atoms with Gasteiger partial charge in [0.25, 0.3) is 11.8 Å². The van der Waals surface area contributed by atoms with Gasteiger partial charge in [0.1, 0.15) is 5.69 Å². The van der Waals surface area contributed by atoms with Crippen molar-refractivity contribution in [1.29, 1.82) is 0 Å². The van der Waals surface area contributed by atoms with E-state index in [4.69, 9.17) is 23.2 Å². The van der Waals surface area contributed by atoms with Crippen LogP contribution in [0.5, 0.6) is 0 Å². The molecule has 1 aliphatic carbocycles. The maximum atomic E-state index is 12.7. The molecule has 1 saturated carbocycles. The van der Waals surface area contributed by atoms with E-state index in [1.807, 2.05) is 24.3 Å². The molecule has 1 aliphatic rings. The number of halogens is 2. The first-order valence-corrected chi connectivity index (χ1v) is 10.3. The summed E-state index contributed by atoms with van der Waals surface area (Å²) < 4.78 is 0. The van der Waals surface area contributed by atoms with Crippen LogP contribution in [0.1, 0.15) is 45.7 Å². The molecule has 3 aromatic rings. The molecule has 1 fully saturated rings. The lowest BCUT2D eigenvalue weighted by Crippen LogP contribution is -2.50. The molecule has 2 amide bonds. The summed E-state index contributed by atoms with van der Waals surface area (Å²) >= 11 is 11.9. The molecule has 2 aromatic carbocycles. The smallest absolute Gasteiger partial charge is 0.270 e. The number of pyridine rings is 1. The number of hydrogen-bond acceptors (Lipinski definition) is 3. The van der Waals surface area contributed by atoms with Crippen LogP contribution in [0.15, 0.2) is 66.9 Å².